The fraction of sp³-hybridized carbons (Fsp3) is 0.200. The monoisotopic (exact) mass is 324 g/mol. The quantitative estimate of drug-likeness (QED) is 0.693. The lowest BCUT2D eigenvalue weighted by Crippen LogP contribution is -1.94. The van der Waals surface area contributed by atoms with Gasteiger partial charge in [-0.1, -0.05) is 51.8 Å². The second-order valence-electron chi connectivity index (χ2n) is 3.90. The van der Waals surface area contributed by atoms with Gasteiger partial charge in [0.15, 0.2) is 0 Å². The smallest absolute Gasteiger partial charge is 0.128 e. The molecule has 3 heteroatoms. The molecule has 0 saturated heterocycles. The maximum atomic E-state index is 6.00. The predicted octanol–water partition coefficient (Wildman–Crippen LogP) is 5.30. The molecule has 2 aromatic carbocycles. The third kappa shape index (κ3) is 3.06. The Morgan fingerprint density at radius 2 is 1.83 bits per heavy atom. The van der Waals surface area contributed by atoms with Gasteiger partial charge < -0.3 is 4.74 Å². The molecule has 2 aromatic rings. The minimum atomic E-state index is 0.632. The van der Waals surface area contributed by atoms with E-state index in [4.69, 9.17) is 16.3 Å². The highest BCUT2D eigenvalue weighted by Crippen LogP contribution is 2.32. The lowest BCUT2D eigenvalue weighted by Gasteiger charge is -2.11. The van der Waals surface area contributed by atoms with Gasteiger partial charge in [-0.25, -0.2) is 0 Å². The molecule has 0 saturated carbocycles. The summed E-state index contributed by atoms with van der Waals surface area (Å²) in [6.07, 6.45) is 0. The van der Waals surface area contributed by atoms with Gasteiger partial charge in [0.2, 0.25) is 0 Å². The summed E-state index contributed by atoms with van der Waals surface area (Å²) >= 11 is 9.45. The second kappa shape index (κ2) is 6.26. The Morgan fingerprint density at radius 1 is 1.11 bits per heavy atom. The van der Waals surface area contributed by atoms with E-state index >= 15 is 0 Å². The molecule has 0 amide bonds. The van der Waals surface area contributed by atoms with Crippen LogP contribution in [0.1, 0.15) is 12.5 Å². The van der Waals surface area contributed by atoms with Gasteiger partial charge in [0.05, 0.1) is 6.61 Å². The molecule has 0 aliphatic rings. The van der Waals surface area contributed by atoms with Crippen molar-refractivity contribution in [2.75, 3.05) is 6.61 Å². The van der Waals surface area contributed by atoms with Crippen LogP contribution in [0.5, 0.6) is 5.75 Å². The largest absolute Gasteiger partial charge is 0.493 e. The molecule has 1 nitrogen and oxygen atoms in total. The number of hydrogen-bond acceptors (Lipinski definition) is 1. The van der Waals surface area contributed by atoms with E-state index in [1.54, 1.807) is 0 Å². The fourth-order valence-corrected chi connectivity index (χ4v) is 2.32. The van der Waals surface area contributed by atoms with Crippen LogP contribution in [0.4, 0.5) is 0 Å². The maximum absolute atomic E-state index is 6.00. The summed E-state index contributed by atoms with van der Waals surface area (Å²) < 4.78 is 5.64. The zero-order valence-electron chi connectivity index (χ0n) is 10.1. The topological polar surface area (TPSA) is 9.23 Å². The third-order valence-electron chi connectivity index (χ3n) is 2.66. The summed E-state index contributed by atoms with van der Waals surface area (Å²) in [4.78, 5) is 0. The molecule has 0 aromatic heterocycles. The Labute approximate surface area is 121 Å². The highest BCUT2D eigenvalue weighted by atomic mass is 79.9. The Bertz CT molecular complexity index is 523. The Kier molecular flexibility index (Phi) is 4.67. The van der Waals surface area contributed by atoms with Crippen molar-refractivity contribution < 1.29 is 4.74 Å². The van der Waals surface area contributed by atoms with Crippen LogP contribution in [-0.2, 0) is 5.33 Å². The van der Waals surface area contributed by atoms with E-state index in [0.717, 1.165) is 22.2 Å². The number of ether oxygens (including phenoxy) is 1. The van der Waals surface area contributed by atoms with E-state index in [1.165, 1.54) is 5.56 Å². The molecule has 0 fully saturated rings. The summed E-state index contributed by atoms with van der Waals surface area (Å²) in [5.74, 6) is 0.830. The minimum Gasteiger partial charge on any atom is -0.493 e. The van der Waals surface area contributed by atoms with Crippen molar-refractivity contribution >= 4 is 27.5 Å². The molecule has 0 spiro atoms. The first-order valence-corrected chi connectivity index (χ1v) is 7.32. The number of alkyl halides is 1. The van der Waals surface area contributed by atoms with Crippen molar-refractivity contribution in [3.8, 4) is 16.9 Å². The molecule has 0 atom stereocenters. The van der Waals surface area contributed by atoms with Crippen LogP contribution in [0.25, 0.3) is 11.1 Å². The van der Waals surface area contributed by atoms with Crippen molar-refractivity contribution in [2.45, 2.75) is 12.3 Å². The van der Waals surface area contributed by atoms with Gasteiger partial charge in [-0.3, -0.25) is 0 Å². The van der Waals surface area contributed by atoms with Crippen LogP contribution in [-0.4, -0.2) is 6.61 Å². The number of benzene rings is 2. The lowest BCUT2D eigenvalue weighted by molar-refractivity contribution is 0.341. The molecule has 0 aliphatic heterocycles. The van der Waals surface area contributed by atoms with Gasteiger partial charge in [-0.2, -0.15) is 0 Å². The van der Waals surface area contributed by atoms with Crippen molar-refractivity contribution in [3.05, 3.63) is 53.1 Å². The molecule has 0 N–H and O–H groups in total. The van der Waals surface area contributed by atoms with E-state index < -0.39 is 0 Å². The minimum absolute atomic E-state index is 0.632. The van der Waals surface area contributed by atoms with E-state index in [-0.39, 0.29) is 0 Å². The molecule has 0 radical (unpaired) electrons. The zero-order chi connectivity index (χ0) is 13.0. The maximum Gasteiger partial charge on any atom is 0.128 e. The summed E-state index contributed by atoms with van der Waals surface area (Å²) in [6, 6.07) is 14.2. The van der Waals surface area contributed by atoms with Gasteiger partial charge in [-0.05, 0) is 36.2 Å². The van der Waals surface area contributed by atoms with Crippen molar-refractivity contribution in [1.82, 2.24) is 0 Å². The molecule has 0 heterocycles. The van der Waals surface area contributed by atoms with Crippen molar-refractivity contribution in [2.24, 2.45) is 0 Å². The Hall–Kier alpha value is -0.990. The van der Waals surface area contributed by atoms with Crippen molar-refractivity contribution in [1.29, 1.82) is 0 Å². The van der Waals surface area contributed by atoms with Crippen LogP contribution < -0.4 is 4.74 Å². The number of rotatable bonds is 4. The summed E-state index contributed by atoms with van der Waals surface area (Å²) in [7, 11) is 0. The van der Waals surface area contributed by atoms with Gasteiger partial charge >= 0.3 is 0 Å². The molecular weight excluding hydrogens is 312 g/mol. The first-order valence-electron chi connectivity index (χ1n) is 5.82. The summed E-state index contributed by atoms with van der Waals surface area (Å²) in [6.45, 7) is 2.60. The van der Waals surface area contributed by atoms with Crippen LogP contribution >= 0.6 is 27.5 Å². The highest BCUT2D eigenvalue weighted by Gasteiger charge is 2.07. The number of halogens is 2. The number of hydrogen-bond donors (Lipinski definition) is 0. The SMILES string of the molecule is CCOc1cc(Cl)ccc1-c1ccc(CBr)cc1. The zero-order valence-corrected chi connectivity index (χ0v) is 12.5. The van der Waals surface area contributed by atoms with E-state index in [1.807, 2.05) is 25.1 Å². The summed E-state index contributed by atoms with van der Waals surface area (Å²) in [5, 5.41) is 1.56. The van der Waals surface area contributed by atoms with Crippen molar-refractivity contribution in [3.63, 3.8) is 0 Å². The average Bonchev–Trinajstić information content (AvgIpc) is 2.40. The molecule has 0 unspecified atom stereocenters. The molecule has 2 rings (SSSR count). The van der Waals surface area contributed by atoms with E-state index in [2.05, 4.69) is 40.2 Å². The Morgan fingerprint density at radius 3 is 2.44 bits per heavy atom. The third-order valence-corrected chi connectivity index (χ3v) is 3.55. The standard InChI is InChI=1S/C15H14BrClO/c1-2-18-15-9-13(17)7-8-14(15)12-5-3-11(10-16)4-6-12/h3-9H,2,10H2,1H3. The van der Waals surface area contributed by atoms with Gasteiger partial charge in [0.1, 0.15) is 5.75 Å². The highest BCUT2D eigenvalue weighted by molar-refractivity contribution is 9.08. The fourth-order valence-electron chi connectivity index (χ4n) is 1.78. The van der Waals surface area contributed by atoms with Crippen LogP contribution in [0.3, 0.4) is 0 Å². The molecule has 94 valence electrons. The summed E-state index contributed by atoms with van der Waals surface area (Å²) in [5.41, 5.74) is 3.47. The predicted molar refractivity (Wildman–Crippen MR) is 80.7 cm³/mol. The van der Waals surface area contributed by atoms with Gasteiger partial charge in [0.25, 0.3) is 0 Å². The van der Waals surface area contributed by atoms with Gasteiger partial charge in [0, 0.05) is 15.9 Å². The molecule has 0 bridgehead atoms. The molecule has 0 aliphatic carbocycles. The van der Waals surface area contributed by atoms with E-state index in [0.29, 0.717) is 11.6 Å². The normalized spacial score (nSPS) is 10.4. The first-order chi connectivity index (χ1) is 8.74. The van der Waals surface area contributed by atoms with Crippen LogP contribution in [0.2, 0.25) is 5.02 Å². The van der Waals surface area contributed by atoms with Crippen LogP contribution in [0.15, 0.2) is 42.5 Å². The Balaban J connectivity index is 2.41. The average molecular weight is 326 g/mol. The molecular formula is C15H14BrClO. The van der Waals surface area contributed by atoms with Gasteiger partial charge in [-0.15, -0.1) is 0 Å². The lowest BCUT2D eigenvalue weighted by atomic mass is 10.0. The second-order valence-corrected chi connectivity index (χ2v) is 4.90. The first kappa shape index (κ1) is 13.4. The van der Waals surface area contributed by atoms with Crippen LogP contribution in [0, 0.1) is 0 Å². The van der Waals surface area contributed by atoms with E-state index in [9.17, 15) is 0 Å². The molecule has 18 heavy (non-hydrogen) atoms.